The molecule has 4 atom stereocenters. The van der Waals surface area contributed by atoms with E-state index in [-0.39, 0.29) is 24.9 Å². The second-order valence-corrected chi connectivity index (χ2v) is 8.26. The molecule has 4 aromatic rings. The summed E-state index contributed by atoms with van der Waals surface area (Å²) in [5.74, 6) is 0. The molecule has 2 N–H and O–H groups in total. The molecular formula is C23H19ClN4O4. The Morgan fingerprint density at radius 2 is 1.84 bits per heavy atom. The molecule has 1 aromatic carbocycles. The van der Waals surface area contributed by atoms with E-state index in [0.717, 1.165) is 16.8 Å². The van der Waals surface area contributed by atoms with Gasteiger partial charge in [-0.15, -0.1) is 0 Å². The van der Waals surface area contributed by atoms with Gasteiger partial charge in [0.15, 0.2) is 11.8 Å². The Bertz CT molecular complexity index is 1260. The third-order valence-electron chi connectivity index (χ3n) is 5.76. The topological polar surface area (TPSA) is 102 Å². The number of aliphatic hydroxyl groups excluding tert-OH is 1. The van der Waals surface area contributed by atoms with Gasteiger partial charge in [0.1, 0.15) is 18.3 Å². The fourth-order valence-electron chi connectivity index (χ4n) is 4.16. The molecule has 2 aliphatic rings. The number of fused-ring (bicyclic) bond motifs is 2. The number of hydrogen-bond donors (Lipinski definition) is 2. The third kappa shape index (κ3) is 3.41. The summed E-state index contributed by atoms with van der Waals surface area (Å²) in [5, 5.41) is 10.4. The summed E-state index contributed by atoms with van der Waals surface area (Å²) < 4.78 is 17.2. The maximum atomic E-state index is 9.89. The molecule has 3 aromatic heterocycles. The van der Waals surface area contributed by atoms with Crippen molar-refractivity contribution in [2.75, 3.05) is 13.2 Å². The lowest BCUT2D eigenvalue weighted by atomic mass is 10.1. The zero-order valence-electron chi connectivity index (χ0n) is 16.8. The van der Waals surface area contributed by atoms with Gasteiger partial charge in [-0.3, -0.25) is 4.98 Å². The van der Waals surface area contributed by atoms with Gasteiger partial charge < -0.3 is 24.3 Å². The lowest BCUT2D eigenvalue weighted by Gasteiger charge is -2.15. The van der Waals surface area contributed by atoms with E-state index in [1.165, 1.54) is 0 Å². The summed E-state index contributed by atoms with van der Waals surface area (Å²) >= 11 is 6.52. The Balaban J connectivity index is 1.26. The Hall–Kier alpha value is -3.04. The lowest BCUT2D eigenvalue weighted by Crippen LogP contribution is -2.34. The molecular weight excluding hydrogens is 432 g/mol. The van der Waals surface area contributed by atoms with Crippen LogP contribution in [-0.4, -0.2) is 62.7 Å². The monoisotopic (exact) mass is 450 g/mol. The molecule has 0 amide bonds. The van der Waals surface area contributed by atoms with Crippen LogP contribution in [0.1, 0.15) is 0 Å². The molecule has 0 unspecified atom stereocenters. The molecule has 0 saturated carbocycles. The van der Waals surface area contributed by atoms with E-state index in [2.05, 4.69) is 19.9 Å². The molecule has 2 fully saturated rings. The number of H-pyrrole nitrogens is 1. The predicted octanol–water partition coefficient (Wildman–Crippen LogP) is 3.25. The first kappa shape index (κ1) is 19.6. The van der Waals surface area contributed by atoms with Crippen LogP contribution >= 0.6 is 11.6 Å². The van der Waals surface area contributed by atoms with Crippen LogP contribution in [0.25, 0.3) is 33.7 Å². The van der Waals surface area contributed by atoms with E-state index in [1.807, 2.05) is 42.5 Å². The number of rotatable bonds is 4. The fourth-order valence-corrected chi connectivity index (χ4v) is 4.42. The van der Waals surface area contributed by atoms with Gasteiger partial charge in [0.25, 0.3) is 6.01 Å². The molecule has 162 valence electrons. The Morgan fingerprint density at radius 1 is 1.00 bits per heavy atom. The molecule has 0 bridgehead atoms. The average molecular weight is 451 g/mol. The quantitative estimate of drug-likeness (QED) is 0.492. The molecule has 0 spiro atoms. The number of imidazole rings is 1. The van der Waals surface area contributed by atoms with Crippen molar-refractivity contribution in [2.45, 2.75) is 24.4 Å². The summed E-state index contributed by atoms with van der Waals surface area (Å²) in [6.45, 7) is 0.565. The minimum absolute atomic E-state index is 0.243. The molecule has 2 aliphatic heterocycles. The summed E-state index contributed by atoms with van der Waals surface area (Å²) in [7, 11) is 0. The van der Waals surface area contributed by atoms with Crippen molar-refractivity contribution in [1.29, 1.82) is 0 Å². The van der Waals surface area contributed by atoms with Gasteiger partial charge in [-0.1, -0.05) is 41.9 Å². The van der Waals surface area contributed by atoms with Crippen molar-refractivity contribution >= 4 is 22.8 Å². The van der Waals surface area contributed by atoms with Gasteiger partial charge in [0.05, 0.1) is 35.1 Å². The van der Waals surface area contributed by atoms with Crippen LogP contribution in [0.4, 0.5) is 0 Å². The average Bonchev–Trinajstić information content (AvgIpc) is 3.51. The van der Waals surface area contributed by atoms with Crippen molar-refractivity contribution < 1.29 is 19.3 Å². The van der Waals surface area contributed by atoms with Crippen LogP contribution in [0.2, 0.25) is 5.02 Å². The van der Waals surface area contributed by atoms with Gasteiger partial charge in [0.2, 0.25) is 0 Å². The van der Waals surface area contributed by atoms with Crippen molar-refractivity contribution in [3.8, 4) is 28.5 Å². The fraction of sp³-hybridized carbons (Fsp3) is 0.261. The summed E-state index contributed by atoms with van der Waals surface area (Å²) in [4.78, 5) is 16.7. The van der Waals surface area contributed by atoms with Gasteiger partial charge in [-0.05, 0) is 18.2 Å². The lowest BCUT2D eigenvalue weighted by molar-refractivity contribution is 0.00706. The van der Waals surface area contributed by atoms with Gasteiger partial charge in [0, 0.05) is 17.3 Å². The molecule has 0 radical (unpaired) electrons. The van der Waals surface area contributed by atoms with Crippen LogP contribution in [0.5, 0.6) is 6.01 Å². The maximum Gasteiger partial charge on any atom is 0.296 e. The number of nitrogens with zero attached hydrogens (tertiary/aromatic N) is 3. The largest absolute Gasteiger partial charge is 0.456 e. The van der Waals surface area contributed by atoms with E-state index in [1.54, 1.807) is 12.3 Å². The highest BCUT2D eigenvalue weighted by Crippen LogP contribution is 2.32. The highest BCUT2D eigenvalue weighted by atomic mass is 35.5. The minimum Gasteiger partial charge on any atom is -0.456 e. The maximum absolute atomic E-state index is 9.89. The first-order chi connectivity index (χ1) is 15.7. The number of pyridine rings is 2. The molecule has 5 heterocycles. The molecule has 32 heavy (non-hydrogen) atoms. The van der Waals surface area contributed by atoms with Crippen molar-refractivity contribution in [2.24, 2.45) is 0 Å². The first-order valence-corrected chi connectivity index (χ1v) is 10.7. The number of ether oxygens (including phenoxy) is 3. The molecule has 0 aliphatic carbocycles. The van der Waals surface area contributed by atoms with Crippen molar-refractivity contribution in [3.63, 3.8) is 0 Å². The van der Waals surface area contributed by atoms with Crippen LogP contribution in [0.15, 0.2) is 54.7 Å². The number of aliphatic hydroxyl groups is 1. The summed E-state index contributed by atoms with van der Waals surface area (Å²) in [6.07, 6.45) is 0.0802. The number of benzene rings is 1. The Morgan fingerprint density at radius 3 is 2.66 bits per heavy atom. The minimum atomic E-state index is -0.630. The zero-order chi connectivity index (χ0) is 21.7. The predicted molar refractivity (Wildman–Crippen MR) is 117 cm³/mol. The highest BCUT2D eigenvalue weighted by Gasteiger charge is 2.48. The number of nitrogens with one attached hydrogen (secondary N) is 1. The smallest absolute Gasteiger partial charge is 0.296 e. The Labute approximate surface area is 188 Å². The molecule has 6 rings (SSSR count). The van der Waals surface area contributed by atoms with E-state index in [4.69, 9.17) is 25.8 Å². The number of hydrogen-bond acceptors (Lipinski definition) is 7. The van der Waals surface area contributed by atoms with Crippen molar-refractivity contribution in [1.82, 2.24) is 19.9 Å². The van der Waals surface area contributed by atoms with E-state index in [0.29, 0.717) is 34.5 Å². The number of halogens is 1. The normalized spacial score (nSPS) is 24.7. The number of aromatic amines is 1. The van der Waals surface area contributed by atoms with Crippen LogP contribution < -0.4 is 4.74 Å². The molecule has 2 saturated heterocycles. The van der Waals surface area contributed by atoms with E-state index >= 15 is 0 Å². The van der Waals surface area contributed by atoms with Crippen molar-refractivity contribution in [3.05, 3.63) is 59.8 Å². The third-order valence-corrected chi connectivity index (χ3v) is 6.04. The standard InChI is InChI=1S/C23H19ClN4O4/c24-14-8-16-22(28-23(26-16)32-18-11-31-20-17(29)10-30-21(18)20)27-19(14)13-6-7-15(25-9-13)12-4-2-1-3-5-12/h1-9,17-18,20-21,29H,10-11H2,(H,26,27,28)/t17-,18-,20-,21-/m1/s1. The van der Waals surface area contributed by atoms with E-state index in [9.17, 15) is 5.11 Å². The second-order valence-electron chi connectivity index (χ2n) is 7.85. The molecule has 9 heteroatoms. The van der Waals surface area contributed by atoms with Crippen LogP contribution in [-0.2, 0) is 9.47 Å². The first-order valence-electron chi connectivity index (χ1n) is 10.3. The highest BCUT2D eigenvalue weighted by molar-refractivity contribution is 6.33. The van der Waals surface area contributed by atoms with Gasteiger partial charge in [-0.2, -0.15) is 4.98 Å². The molecule has 8 nitrogen and oxygen atoms in total. The second kappa shape index (κ2) is 7.83. The SMILES string of the molecule is O[C@@H]1CO[C@H]2[C@@H]1OC[C@H]2Oc1nc2nc(-c3ccc(-c4ccccc4)nc3)c(Cl)cc2[nH]1. The Kier molecular flexibility index (Phi) is 4.80. The van der Waals surface area contributed by atoms with Crippen LogP contribution in [0.3, 0.4) is 0 Å². The number of aromatic nitrogens is 4. The van der Waals surface area contributed by atoms with Crippen LogP contribution in [0, 0.1) is 0 Å². The summed E-state index contributed by atoms with van der Waals surface area (Å²) in [6, 6.07) is 15.9. The summed E-state index contributed by atoms with van der Waals surface area (Å²) in [5.41, 5.74) is 4.44. The van der Waals surface area contributed by atoms with Gasteiger partial charge in [-0.25, -0.2) is 4.98 Å². The van der Waals surface area contributed by atoms with E-state index < -0.39 is 6.10 Å². The zero-order valence-corrected chi connectivity index (χ0v) is 17.6. The van der Waals surface area contributed by atoms with Gasteiger partial charge >= 0.3 is 0 Å².